The molecule has 1 amide bonds. The van der Waals surface area contributed by atoms with Crippen LogP contribution in [0.5, 0.6) is 0 Å². The zero-order chi connectivity index (χ0) is 25.3. The molecule has 0 bridgehead atoms. The normalized spacial score (nSPS) is 15.8. The van der Waals surface area contributed by atoms with E-state index in [4.69, 9.17) is 4.74 Å². The predicted octanol–water partition coefficient (Wildman–Crippen LogP) is 4.43. The fourth-order valence-electron chi connectivity index (χ4n) is 4.33. The number of carbonyl (C=O) groups excluding carboxylic acids is 2. The number of rotatable bonds is 5. The van der Waals surface area contributed by atoms with E-state index < -0.39 is 23.8 Å². The van der Waals surface area contributed by atoms with Crippen LogP contribution >= 0.6 is 0 Å². The zero-order valence-corrected chi connectivity index (χ0v) is 19.7. The number of halogens is 3. The highest BCUT2D eigenvalue weighted by atomic mass is 19.4. The molecule has 1 atom stereocenters. The van der Waals surface area contributed by atoms with Crippen LogP contribution in [-0.2, 0) is 15.7 Å². The van der Waals surface area contributed by atoms with Gasteiger partial charge < -0.3 is 19.9 Å². The molecule has 0 spiro atoms. The van der Waals surface area contributed by atoms with Gasteiger partial charge in [-0.2, -0.15) is 13.2 Å². The molecule has 1 aliphatic rings. The van der Waals surface area contributed by atoms with Gasteiger partial charge in [-0.15, -0.1) is 0 Å². The molecule has 1 saturated heterocycles. The number of aromatic nitrogens is 1. The molecule has 2 aromatic carbocycles. The summed E-state index contributed by atoms with van der Waals surface area (Å²) in [7, 11) is 1.28. The van der Waals surface area contributed by atoms with Crippen LogP contribution in [0.15, 0.2) is 42.5 Å². The Labute approximate surface area is 200 Å². The van der Waals surface area contributed by atoms with Gasteiger partial charge in [0.2, 0.25) is 5.91 Å². The Morgan fingerprint density at radius 2 is 1.80 bits per heavy atom. The lowest BCUT2D eigenvalue weighted by Crippen LogP contribution is -2.52. The number of benzene rings is 2. The number of carbonyl (C=O) groups is 2. The monoisotopic (exact) mass is 488 g/mol. The van der Waals surface area contributed by atoms with E-state index in [1.165, 1.54) is 13.2 Å². The highest BCUT2D eigenvalue weighted by Crippen LogP contribution is 2.32. The van der Waals surface area contributed by atoms with Crippen molar-refractivity contribution >= 4 is 34.2 Å². The molecule has 10 heteroatoms. The Bertz CT molecular complexity index is 1250. The van der Waals surface area contributed by atoms with Crippen LogP contribution in [0.4, 0.5) is 24.5 Å². The molecule has 2 N–H and O–H groups in total. The number of esters is 1. The summed E-state index contributed by atoms with van der Waals surface area (Å²) in [6, 6.07) is 10.4. The summed E-state index contributed by atoms with van der Waals surface area (Å²) in [5, 5.41) is 3.60. The minimum Gasteiger partial charge on any atom is -0.464 e. The fourth-order valence-corrected chi connectivity index (χ4v) is 4.33. The Kier molecular flexibility index (Phi) is 6.75. The minimum absolute atomic E-state index is 0.169. The molecule has 0 saturated carbocycles. The summed E-state index contributed by atoms with van der Waals surface area (Å²) < 4.78 is 44.1. The Balaban J connectivity index is 1.46. The van der Waals surface area contributed by atoms with E-state index in [1.807, 2.05) is 34.9 Å². The van der Waals surface area contributed by atoms with Crippen molar-refractivity contribution < 1.29 is 27.5 Å². The van der Waals surface area contributed by atoms with E-state index in [2.05, 4.69) is 10.3 Å². The highest BCUT2D eigenvalue weighted by Gasteiger charge is 2.32. The van der Waals surface area contributed by atoms with Gasteiger partial charge in [0.05, 0.1) is 24.4 Å². The van der Waals surface area contributed by atoms with Crippen molar-refractivity contribution in [1.29, 1.82) is 0 Å². The first-order valence-corrected chi connectivity index (χ1v) is 11.3. The predicted molar refractivity (Wildman–Crippen MR) is 128 cm³/mol. The van der Waals surface area contributed by atoms with Crippen LogP contribution in [-0.4, -0.2) is 61.1 Å². The van der Waals surface area contributed by atoms with Gasteiger partial charge in [-0.25, -0.2) is 4.79 Å². The second kappa shape index (κ2) is 9.61. The van der Waals surface area contributed by atoms with Crippen molar-refractivity contribution in [2.75, 3.05) is 43.5 Å². The van der Waals surface area contributed by atoms with E-state index >= 15 is 0 Å². The summed E-state index contributed by atoms with van der Waals surface area (Å²) in [6.45, 7) is 5.66. The van der Waals surface area contributed by atoms with E-state index in [1.54, 1.807) is 13.0 Å². The van der Waals surface area contributed by atoms with Crippen LogP contribution in [0.25, 0.3) is 10.9 Å². The third-order valence-corrected chi connectivity index (χ3v) is 6.37. The largest absolute Gasteiger partial charge is 0.464 e. The second-order valence-electron chi connectivity index (χ2n) is 8.65. The molecule has 7 nitrogen and oxygen atoms in total. The number of hydrogen-bond acceptors (Lipinski definition) is 5. The molecule has 0 aliphatic carbocycles. The van der Waals surface area contributed by atoms with Crippen LogP contribution in [0, 0.1) is 6.92 Å². The Morgan fingerprint density at radius 3 is 2.46 bits per heavy atom. The van der Waals surface area contributed by atoms with E-state index in [9.17, 15) is 22.8 Å². The molecule has 3 aromatic rings. The van der Waals surface area contributed by atoms with Gasteiger partial charge in [0, 0.05) is 42.8 Å². The number of piperazine rings is 1. The van der Waals surface area contributed by atoms with Crippen molar-refractivity contribution in [2.24, 2.45) is 0 Å². The third kappa shape index (κ3) is 5.12. The number of anilines is 2. The summed E-state index contributed by atoms with van der Waals surface area (Å²) in [6.07, 6.45) is -4.39. The van der Waals surface area contributed by atoms with Crippen LogP contribution in [0.3, 0.4) is 0 Å². The molecular formula is C25H27F3N4O3. The standard InChI is InChI=1S/C25H27F3N4O3/c1-15-7-8-20-19(13-15)21(22(29-20)24(34)35-3)30-23(33)16(2)31-9-11-32(12-10-31)18-6-4-5-17(14-18)25(26,27)28/h4-8,13-14,16,29H,9-12H2,1-3H3,(H,30,33)/t16-/m1/s1. The van der Waals surface area contributed by atoms with Crippen molar-refractivity contribution in [1.82, 2.24) is 9.88 Å². The number of alkyl halides is 3. The number of ether oxygens (including phenoxy) is 1. The maximum atomic E-state index is 13.2. The van der Waals surface area contributed by atoms with Gasteiger partial charge in [0.15, 0.2) is 0 Å². The molecule has 2 heterocycles. The molecule has 1 aromatic heterocycles. The van der Waals surface area contributed by atoms with Crippen molar-refractivity contribution in [3.63, 3.8) is 0 Å². The van der Waals surface area contributed by atoms with Crippen LogP contribution < -0.4 is 10.2 Å². The number of amides is 1. The third-order valence-electron chi connectivity index (χ3n) is 6.37. The van der Waals surface area contributed by atoms with E-state index in [0.29, 0.717) is 48.5 Å². The average Bonchev–Trinajstić information content (AvgIpc) is 3.20. The second-order valence-corrected chi connectivity index (χ2v) is 8.65. The number of hydrogen-bond donors (Lipinski definition) is 2. The summed E-state index contributed by atoms with van der Waals surface area (Å²) in [5.74, 6) is -0.874. The smallest absolute Gasteiger partial charge is 0.416 e. The molecule has 4 rings (SSSR count). The maximum absolute atomic E-state index is 13.2. The van der Waals surface area contributed by atoms with E-state index in [-0.39, 0.29) is 11.6 Å². The molecule has 1 fully saturated rings. The molecule has 35 heavy (non-hydrogen) atoms. The summed E-state index contributed by atoms with van der Waals surface area (Å²) >= 11 is 0. The molecule has 1 aliphatic heterocycles. The highest BCUT2D eigenvalue weighted by molar-refractivity contribution is 6.11. The first-order chi connectivity index (χ1) is 16.6. The maximum Gasteiger partial charge on any atom is 0.416 e. The number of fused-ring (bicyclic) bond motifs is 1. The Morgan fingerprint density at radius 1 is 1.09 bits per heavy atom. The average molecular weight is 489 g/mol. The number of H-pyrrole nitrogens is 1. The quantitative estimate of drug-likeness (QED) is 0.520. The van der Waals surface area contributed by atoms with Gasteiger partial charge >= 0.3 is 12.1 Å². The molecule has 0 unspecified atom stereocenters. The van der Waals surface area contributed by atoms with Crippen LogP contribution in [0.1, 0.15) is 28.5 Å². The van der Waals surface area contributed by atoms with Gasteiger partial charge in [0.25, 0.3) is 0 Å². The molecule has 186 valence electrons. The first kappa shape index (κ1) is 24.6. The van der Waals surface area contributed by atoms with Gasteiger partial charge in [-0.05, 0) is 44.2 Å². The molecule has 0 radical (unpaired) electrons. The van der Waals surface area contributed by atoms with Gasteiger partial charge in [-0.3, -0.25) is 9.69 Å². The Hall–Kier alpha value is -3.53. The number of aryl methyl sites for hydroxylation is 1. The first-order valence-electron chi connectivity index (χ1n) is 11.3. The topological polar surface area (TPSA) is 77.7 Å². The van der Waals surface area contributed by atoms with Crippen LogP contribution in [0.2, 0.25) is 0 Å². The number of methoxy groups -OCH3 is 1. The van der Waals surface area contributed by atoms with Gasteiger partial charge in [0.1, 0.15) is 5.69 Å². The number of nitrogens with one attached hydrogen (secondary N) is 2. The number of aromatic amines is 1. The minimum atomic E-state index is -4.39. The summed E-state index contributed by atoms with van der Waals surface area (Å²) in [4.78, 5) is 32.3. The lowest BCUT2D eigenvalue weighted by atomic mass is 10.1. The fraction of sp³-hybridized carbons (Fsp3) is 0.360. The zero-order valence-electron chi connectivity index (χ0n) is 19.7. The molecular weight excluding hydrogens is 461 g/mol. The van der Waals surface area contributed by atoms with Crippen molar-refractivity contribution in [3.05, 3.63) is 59.3 Å². The lowest BCUT2D eigenvalue weighted by Gasteiger charge is -2.38. The SMILES string of the molecule is COC(=O)c1[nH]c2ccc(C)cc2c1NC(=O)[C@@H](C)N1CCN(c2cccc(C(F)(F)F)c2)CC1. The van der Waals surface area contributed by atoms with Crippen molar-refractivity contribution in [3.8, 4) is 0 Å². The summed E-state index contributed by atoms with van der Waals surface area (Å²) in [5.41, 5.74) is 2.04. The van der Waals surface area contributed by atoms with Gasteiger partial charge in [-0.1, -0.05) is 17.7 Å². The number of nitrogens with zero attached hydrogens (tertiary/aromatic N) is 2. The van der Waals surface area contributed by atoms with Crippen molar-refractivity contribution in [2.45, 2.75) is 26.1 Å². The van der Waals surface area contributed by atoms with E-state index in [0.717, 1.165) is 17.7 Å². The lowest BCUT2D eigenvalue weighted by molar-refractivity contribution is -0.137.